The summed E-state index contributed by atoms with van der Waals surface area (Å²) in [7, 11) is -2.07. The molecule has 0 bridgehead atoms. The normalized spacial score (nSPS) is 11.3. The number of rotatable bonds is 6. The minimum atomic E-state index is -3.73. The predicted octanol–water partition coefficient (Wildman–Crippen LogP) is 0.443. The molecule has 0 aliphatic heterocycles. The fourth-order valence-electron chi connectivity index (χ4n) is 1.45. The van der Waals surface area contributed by atoms with Crippen LogP contribution in [-0.2, 0) is 14.8 Å². The second-order valence-corrected chi connectivity index (χ2v) is 5.55. The summed E-state index contributed by atoms with van der Waals surface area (Å²) in [6, 6.07) is 5.52. The van der Waals surface area contributed by atoms with Crippen molar-refractivity contribution in [2.24, 2.45) is 5.14 Å². The highest BCUT2D eigenvalue weighted by Gasteiger charge is 2.13. The van der Waals surface area contributed by atoms with Crippen molar-refractivity contribution in [3.8, 4) is 0 Å². The Morgan fingerprint density at radius 2 is 1.89 bits per heavy atom. The van der Waals surface area contributed by atoms with Gasteiger partial charge in [-0.1, -0.05) is 0 Å². The molecule has 0 unspecified atom stereocenters. The SMILES string of the molecule is CCOCCN(C)C(=O)c1ccc(S(N)(=O)=O)cc1. The van der Waals surface area contributed by atoms with E-state index < -0.39 is 10.0 Å². The first-order valence-corrected chi connectivity index (χ1v) is 7.37. The molecule has 0 aliphatic carbocycles. The van der Waals surface area contributed by atoms with E-state index in [9.17, 15) is 13.2 Å². The van der Waals surface area contributed by atoms with Gasteiger partial charge >= 0.3 is 0 Å². The topological polar surface area (TPSA) is 89.7 Å². The first-order valence-electron chi connectivity index (χ1n) is 5.82. The van der Waals surface area contributed by atoms with Gasteiger partial charge in [0.25, 0.3) is 5.91 Å². The van der Waals surface area contributed by atoms with Gasteiger partial charge in [0.1, 0.15) is 0 Å². The van der Waals surface area contributed by atoms with Gasteiger partial charge in [-0.3, -0.25) is 4.79 Å². The lowest BCUT2D eigenvalue weighted by atomic mass is 10.2. The summed E-state index contributed by atoms with van der Waals surface area (Å²) in [5.41, 5.74) is 0.409. The highest BCUT2D eigenvalue weighted by molar-refractivity contribution is 7.89. The summed E-state index contributed by atoms with van der Waals surface area (Å²) < 4.78 is 27.3. The summed E-state index contributed by atoms with van der Waals surface area (Å²) in [5.74, 6) is -0.194. The van der Waals surface area contributed by atoms with Gasteiger partial charge in [0.15, 0.2) is 0 Å². The van der Waals surface area contributed by atoms with E-state index in [1.54, 1.807) is 7.05 Å². The van der Waals surface area contributed by atoms with E-state index in [2.05, 4.69) is 0 Å². The minimum Gasteiger partial charge on any atom is -0.380 e. The molecule has 0 aromatic heterocycles. The van der Waals surface area contributed by atoms with Crippen LogP contribution in [0.15, 0.2) is 29.2 Å². The molecule has 1 rings (SSSR count). The Morgan fingerprint density at radius 1 is 1.32 bits per heavy atom. The van der Waals surface area contributed by atoms with Crippen LogP contribution in [0.5, 0.6) is 0 Å². The fraction of sp³-hybridized carbons (Fsp3) is 0.417. The van der Waals surface area contributed by atoms with Gasteiger partial charge in [0, 0.05) is 25.8 Å². The Bertz CT molecular complexity index is 525. The summed E-state index contributed by atoms with van der Waals surface area (Å²) >= 11 is 0. The standard InChI is InChI=1S/C12H18N2O4S/c1-3-18-9-8-14(2)12(15)10-4-6-11(7-5-10)19(13,16)17/h4-7H,3,8-9H2,1-2H3,(H2,13,16,17). The van der Waals surface area contributed by atoms with Gasteiger partial charge in [0.2, 0.25) is 10.0 Å². The second kappa shape index (κ2) is 6.65. The smallest absolute Gasteiger partial charge is 0.253 e. The molecule has 0 spiro atoms. The Kier molecular flexibility index (Phi) is 5.46. The number of benzene rings is 1. The molecule has 7 heteroatoms. The largest absolute Gasteiger partial charge is 0.380 e. The van der Waals surface area contributed by atoms with E-state index in [0.717, 1.165) is 0 Å². The minimum absolute atomic E-state index is 0.0129. The summed E-state index contributed by atoms with van der Waals surface area (Å²) in [6.45, 7) is 3.43. The summed E-state index contributed by atoms with van der Waals surface area (Å²) in [6.07, 6.45) is 0. The average molecular weight is 286 g/mol. The number of likely N-dealkylation sites (N-methyl/N-ethyl adjacent to an activating group) is 1. The van der Waals surface area contributed by atoms with E-state index in [4.69, 9.17) is 9.88 Å². The van der Waals surface area contributed by atoms with E-state index in [1.807, 2.05) is 6.92 Å². The molecule has 1 aromatic carbocycles. The molecule has 2 N–H and O–H groups in total. The molecule has 6 nitrogen and oxygen atoms in total. The number of hydrogen-bond acceptors (Lipinski definition) is 4. The fourth-order valence-corrected chi connectivity index (χ4v) is 1.97. The number of nitrogens with two attached hydrogens (primary N) is 1. The van der Waals surface area contributed by atoms with E-state index in [-0.39, 0.29) is 10.8 Å². The molecule has 1 amide bonds. The third-order valence-corrected chi connectivity index (χ3v) is 3.48. The van der Waals surface area contributed by atoms with Gasteiger partial charge in [-0.25, -0.2) is 13.6 Å². The van der Waals surface area contributed by atoms with Crippen LogP contribution in [0, 0.1) is 0 Å². The number of carbonyl (C=O) groups is 1. The van der Waals surface area contributed by atoms with Gasteiger partial charge in [-0.2, -0.15) is 0 Å². The number of sulfonamides is 1. The van der Waals surface area contributed by atoms with Crippen molar-refractivity contribution >= 4 is 15.9 Å². The molecule has 0 saturated heterocycles. The van der Waals surface area contributed by atoms with Crippen LogP contribution in [0.2, 0.25) is 0 Å². The van der Waals surface area contributed by atoms with Gasteiger partial charge in [-0.05, 0) is 31.2 Å². The van der Waals surface area contributed by atoms with Crippen LogP contribution in [0.25, 0.3) is 0 Å². The van der Waals surface area contributed by atoms with Crippen molar-refractivity contribution in [2.75, 3.05) is 26.8 Å². The molecule has 0 aliphatic rings. The Hall–Kier alpha value is -1.44. The molecule has 0 radical (unpaired) electrons. The van der Waals surface area contributed by atoms with Crippen molar-refractivity contribution < 1.29 is 17.9 Å². The molecule has 106 valence electrons. The second-order valence-electron chi connectivity index (χ2n) is 3.99. The van der Waals surface area contributed by atoms with Gasteiger partial charge in [-0.15, -0.1) is 0 Å². The summed E-state index contributed by atoms with van der Waals surface area (Å²) in [5, 5.41) is 4.98. The van der Waals surface area contributed by atoms with Crippen LogP contribution in [0.4, 0.5) is 0 Å². The van der Waals surface area contributed by atoms with E-state index in [0.29, 0.717) is 25.3 Å². The van der Waals surface area contributed by atoms with Crippen LogP contribution < -0.4 is 5.14 Å². The highest BCUT2D eigenvalue weighted by Crippen LogP contribution is 2.10. The predicted molar refractivity (Wildman–Crippen MR) is 71.3 cm³/mol. The average Bonchev–Trinajstić information content (AvgIpc) is 2.37. The van der Waals surface area contributed by atoms with Crippen LogP contribution in [0.1, 0.15) is 17.3 Å². The number of hydrogen-bond donors (Lipinski definition) is 1. The van der Waals surface area contributed by atoms with Crippen molar-refractivity contribution in [1.29, 1.82) is 0 Å². The molecule has 1 aromatic rings. The molecule has 0 heterocycles. The van der Waals surface area contributed by atoms with Crippen molar-refractivity contribution in [3.63, 3.8) is 0 Å². The zero-order chi connectivity index (χ0) is 14.5. The third kappa shape index (κ3) is 4.62. The van der Waals surface area contributed by atoms with Crippen molar-refractivity contribution in [2.45, 2.75) is 11.8 Å². The summed E-state index contributed by atoms with van der Waals surface area (Å²) in [4.78, 5) is 13.5. The first-order chi connectivity index (χ1) is 8.86. The lowest BCUT2D eigenvalue weighted by Crippen LogP contribution is -2.30. The van der Waals surface area contributed by atoms with Gasteiger partial charge < -0.3 is 9.64 Å². The first kappa shape index (κ1) is 15.6. The molecule has 0 fully saturated rings. The zero-order valence-electron chi connectivity index (χ0n) is 11.0. The number of amides is 1. The maximum Gasteiger partial charge on any atom is 0.253 e. The Balaban J connectivity index is 2.73. The zero-order valence-corrected chi connectivity index (χ0v) is 11.8. The van der Waals surface area contributed by atoms with Crippen molar-refractivity contribution in [1.82, 2.24) is 4.90 Å². The quantitative estimate of drug-likeness (QED) is 0.768. The number of ether oxygens (including phenoxy) is 1. The van der Waals surface area contributed by atoms with Crippen molar-refractivity contribution in [3.05, 3.63) is 29.8 Å². The monoisotopic (exact) mass is 286 g/mol. The molecule has 0 atom stereocenters. The maximum atomic E-state index is 12.0. The lowest BCUT2D eigenvalue weighted by molar-refractivity contribution is 0.0710. The molecular formula is C12H18N2O4S. The van der Waals surface area contributed by atoms with E-state index in [1.165, 1.54) is 29.2 Å². The Labute approximate surface area is 113 Å². The molecular weight excluding hydrogens is 268 g/mol. The van der Waals surface area contributed by atoms with Gasteiger partial charge in [0.05, 0.1) is 11.5 Å². The molecule has 19 heavy (non-hydrogen) atoms. The third-order valence-electron chi connectivity index (χ3n) is 2.55. The van der Waals surface area contributed by atoms with E-state index >= 15 is 0 Å². The number of carbonyl (C=O) groups excluding carboxylic acids is 1. The Morgan fingerprint density at radius 3 is 2.37 bits per heavy atom. The molecule has 0 saturated carbocycles. The van der Waals surface area contributed by atoms with Crippen LogP contribution in [0.3, 0.4) is 0 Å². The maximum absolute atomic E-state index is 12.0. The number of nitrogens with zero attached hydrogens (tertiary/aromatic N) is 1. The highest BCUT2D eigenvalue weighted by atomic mass is 32.2. The van der Waals surface area contributed by atoms with Crippen LogP contribution >= 0.6 is 0 Å². The lowest BCUT2D eigenvalue weighted by Gasteiger charge is -2.17. The number of primary sulfonamides is 1. The van der Waals surface area contributed by atoms with Crippen LogP contribution in [-0.4, -0.2) is 46.0 Å².